The minimum atomic E-state index is -0.638. The van der Waals surface area contributed by atoms with Crippen LogP contribution in [0, 0.1) is 18.3 Å². The van der Waals surface area contributed by atoms with Gasteiger partial charge in [0.2, 0.25) is 5.91 Å². The summed E-state index contributed by atoms with van der Waals surface area (Å²) in [5.74, 6) is -0.162. The van der Waals surface area contributed by atoms with E-state index in [0.29, 0.717) is 0 Å². The van der Waals surface area contributed by atoms with Gasteiger partial charge in [0.15, 0.2) is 0 Å². The number of nitriles is 1. The zero-order valence-electron chi connectivity index (χ0n) is 11.6. The molecule has 2 aromatic rings. The van der Waals surface area contributed by atoms with Crippen molar-refractivity contribution in [2.75, 3.05) is 0 Å². The number of carbonyl (C=O) groups excluding carboxylic acids is 1. The Kier molecular flexibility index (Phi) is 5.13. The maximum Gasteiger partial charge on any atom is 0.225 e. The van der Waals surface area contributed by atoms with Gasteiger partial charge in [0.25, 0.3) is 0 Å². The third kappa shape index (κ3) is 4.44. The minimum Gasteiger partial charge on any atom is -0.336 e. The van der Waals surface area contributed by atoms with Crippen LogP contribution < -0.4 is 5.32 Å². The Morgan fingerprint density at radius 2 is 2.00 bits per heavy atom. The summed E-state index contributed by atoms with van der Waals surface area (Å²) in [5.41, 5.74) is 2.86. The molecule has 21 heavy (non-hydrogen) atoms. The molecule has 106 valence electrons. The summed E-state index contributed by atoms with van der Waals surface area (Å²) in [6.45, 7) is 2.00. The number of nitrogens with zero attached hydrogens (tertiary/aromatic N) is 1. The van der Waals surface area contributed by atoms with Crippen LogP contribution in [0.4, 0.5) is 0 Å². The molecule has 1 amide bonds. The van der Waals surface area contributed by atoms with Gasteiger partial charge in [-0.3, -0.25) is 4.79 Å². The predicted octanol–water partition coefficient (Wildman–Crippen LogP) is 3.68. The van der Waals surface area contributed by atoms with Gasteiger partial charge in [-0.1, -0.05) is 57.9 Å². The second-order valence-electron chi connectivity index (χ2n) is 4.85. The monoisotopic (exact) mass is 342 g/mol. The number of hydrogen-bond acceptors (Lipinski definition) is 2. The maximum atomic E-state index is 12.1. The molecule has 4 heteroatoms. The molecule has 0 unspecified atom stereocenters. The number of halogens is 1. The molecule has 0 saturated carbocycles. The molecule has 0 heterocycles. The summed E-state index contributed by atoms with van der Waals surface area (Å²) in [7, 11) is 0. The SMILES string of the molecule is Cc1ccc(CC(=O)N[C@H](C#N)c2cccc(Br)c2)cc1. The number of nitrogens with one attached hydrogen (secondary N) is 1. The van der Waals surface area contributed by atoms with Crippen molar-refractivity contribution in [1.29, 1.82) is 5.26 Å². The average molecular weight is 343 g/mol. The van der Waals surface area contributed by atoms with Gasteiger partial charge in [-0.15, -0.1) is 0 Å². The second kappa shape index (κ2) is 7.05. The smallest absolute Gasteiger partial charge is 0.225 e. The molecule has 0 aliphatic heterocycles. The van der Waals surface area contributed by atoms with Crippen LogP contribution in [-0.4, -0.2) is 5.91 Å². The van der Waals surface area contributed by atoms with Crippen LogP contribution in [0.5, 0.6) is 0 Å². The maximum absolute atomic E-state index is 12.1. The highest BCUT2D eigenvalue weighted by Crippen LogP contribution is 2.18. The van der Waals surface area contributed by atoms with Gasteiger partial charge in [0.05, 0.1) is 12.5 Å². The first-order valence-electron chi connectivity index (χ1n) is 6.58. The number of amides is 1. The normalized spacial score (nSPS) is 11.5. The third-order valence-corrected chi connectivity index (χ3v) is 3.59. The second-order valence-corrected chi connectivity index (χ2v) is 5.76. The van der Waals surface area contributed by atoms with Crippen molar-refractivity contribution in [2.24, 2.45) is 0 Å². The van der Waals surface area contributed by atoms with E-state index in [1.807, 2.05) is 55.5 Å². The molecular weight excluding hydrogens is 328 g/mol. The van der Waals surface area contributed by atoms with E-state index in [1.165, 1.54) is 0 Å². The highest BCUT2D eigenvalue weighted by atomic mass is 79.9. The summed E-state index contributed by atoms with van der Waals surface area (Å²) < 4.78 is 0.882. The Bertz CT molecular complexity index is 674. The quantitative estimate of drug-likeness (QED) is 0.921. The van der Waals surface area contributed by atoms with Gasteiger partial charge in [-0.25, -0.2) is 0 Å². The van der Waals surface area contributed by atoms with E-state index in [-0.39, 0.29) is 12.3 Å². The van der Waals surface area contributed by atoms with Crippen LogP contribution >= 0.6 is 15.9 Å². The Labute approximate surface area is 132 Å². The fourth-order valence-electron chi connectivity index (χ4n) is 1.98. The lowest BCUT2D eigenvalue weighted by Crippen LogP contribution is -2.29. The Morgan fingerprint density at radius 3 is 2.62 bits per heavy atom. The molecular formula is C17H15BrN2O. The van der Waals surface area contributed by atoms with Crippen LogP contribution in [0.15, 0.2) is 53.0 Å². The number of aryl methyl sites for hydroxylation is 1. The van der Waals surface area contributed by atoms with Crippen LogP contribution in [0.1, 0.15) is 22.7 Å². The van der Waals surface area contributed by atoms with Gasteiger partial charge in [-0.05, 0) is 30.2 Å². The van der Waals surface area contributed by atoms with Crippen LogP contribution in [0.2, 0.25) is 0 Å². The highest BCUT2D eigenvalue weighted by Gasteiger charge is 2.14. The molecule has 0 aliphatic rings. The largest absolute Gasteiger partial charge is 0.336 e. The first-order chi connectivity index (χ1) is 10.1. The molecule has 1 N–H and O–H groups in total. The van der Waals surface area contributed by atoms with Crippen molar-refractivity contribution in [3.8, 4) is 6.07 Å². The van der Waals surface area contributed by atoms with Gasteiger partial charge in [0, 0.05) is 4.47 Å². The zero-order valence-corrected chi connectivity index (χ0v) is 13.2. The molecule has 1 atom stereocenters. The molecule has 2 rings (SSSR count). The number of rotatable bonds is 4. The van der Waals surface area contributed by atoms with E-state index < -0.39 is 6.04 Å². The van der Waals surface area contributed by atoms with E-state index in [4.69, 9.17) is 0 Å². The summed E-state index contributed by atoms with van der Waals surface area (Å²) in [5, 5.41) is 12.0. The van der Waals surface area contributed by atoms with E-state index in [0.717, 1.165) is 21.2 Å². The molecule has 2 aromatic carbocycles. The van der Waals surface area contributed by atoms with Crippen molar-refractivity contribution in [2.45, 2.75) is 19.4 Å². The molecule has 0 radical (unpaired) electrons. The molecule has 0 aromatic heterocycles. The summed E-state index contributed by atoms with van der Waals surface area (Å²) in [4.78, 5) is 12.1. The topological polar surface area (TPSA) is 52.9 Å². The highest BCUT2D eigenvalue weighted by molar-refractivity contribution is 9.10. The van der Waals surface area contributed by atoms with Crippen molar-refractivity contribution in [1.82, 2.24) is 5.32 Å². The van der Waals surface area contributed by atoms with Gasteiger partial charge < -0.3 is 5.32 Å². The first-order valence-corrected chi connectivity index (χ1v) is 7.38. The fourth-order valence-corrected chi connectivity index (χ4v) is 2.40. The minimum absolute atomic E-state index is 0.162. The number of benzene rings is 2. The molecule has 0 bridgehead atoms. The van der Waals surface area contributed by atoms with E-state index >= 15 is 0 Å². The number of carbonyl (C=O) groups is 1. The molecule has 0 aliphatic carbocycles. The van der Waals surface area contributed by atoms with E-state index in [2.05, 4.69) is 27.3 Å². The van der Waals surface area contributed by atoms with Crippen molar-refractivity contribution < 1.29 is 4.79 Å². The lowest BCUT2D eigenvalue weighted by atomic mass is 10.1. The zero-order chi connectivity index (χ0) is 15.2. The summed E-state index contributed by atoms with van der Waals surface area (Å²) in [6.07, 6.45) is 0.270. The third-order valence-electron chi connectivity index (χ3n) is 3.10. The molecule has 0 saturated heterocycles. The van der Waals surface area contributed by atoms with Crippen molar-refractivity contribution in [3.63, 3.8) is 0 Å². The van der Waals surface area contributed by atoms with Crippen molar-refractivity contribution in [3.05, 3.63) is 69.7 Å². The lowest BCUT2D eigenvalue weighted by Gasteiger charge is -2.12. The standard InChI is InChI=1S/C17H15BrN2O/c1-12-5-7-13(8-6-12)9-17(21)20-16(11-19)14-3-2-4-15(18)10-14/h2-8,10,16H,9H2,1H3,(H,20,21)/t16-/m1/s1. The van der Waals surface area contributed by atoms with E-state index in [9.17, 15) is 10.1 Å². The van der Waals surface area contributed by atoms with Crippen LogP contribution in [-0.2, 0) is 11.2 Å². The lowest BCUT2D eigenvalue weighted by molar-refractivity contribution is -0.120. The number of hydrogen-bond donors (Lipinski definition) is 1. The van der Waals surface area contributed by atoms with Crippen molar-refractivity contribution >= 4 is 21.8 Å². The van der Waals surface area contributed by atoms with Gasteiger partial charge in [-0.2, -0.15) is 5.26 Å². The Morgan fingerprint density at radius 1 is 1.29 bits per heavy atom. The van der Waals surface area contributed by atoms with Crippen LogP contribution in [0.25, 0.3) is 0 Å². The van der Waals surface area contributed by atoms with E-state index in [1.54, 1.807) is 0 Å². The molecule has 3 nitrogen and oxygen atoms in total. The average Bonchev–Trinajstić information content (AvgIpc) is 2.47. The summed E-state index contributed by atoms with van der Waals surface area (Å²) in [6, 6.07) is 16.7. The Balaban J connectivity index is 2.03. The van der Waals surface area contributed by atoms with Gasteiger partial charge in [0.1, 0.15) is 6.04 Å². The molecule has 0 spiro atoms. The van der Waals surface area contributed by atoms with Gasteiger partial charge >= 0.3 is 0 Å². The Hall–Kier alpha value is -2.12. The summed E-state index contributed by atoms with van der Waals surface area (Å²) >= 11 is 3.36. The first kappa shape index (κ1) is 15.3. The fraction of sp³-hybridized carbons (Fsp3) is 0.176. The predicted molar refractivity (Wildman–Crippen MR) is 85.5 cm³/mol. The van der Waals surface area contributed by atoms with Crippen LogP contribution in [0.3, 0.4) is 0 Å². The molecule has 0 fully saturated rings.